The number of aromatic nitrogens is 2. The van der Waals surface area contributed by atoms with Gasteiger partial charge in [0.2, 0.25) is 5.95 Å². The van der Waals surface area contributed by atoms with E-state index in [2.05, 4.69) is 27.9 Å². The van der Waals surface area contributed by atoms with E-state index < -0.39 is 0 Å². The first-order valence-corrected chi connectivity index (χ1v) is 6.70. The molecule has 1 N–H and O–H groups in total. The molecule has 1 aromatic rings. The van der Waals surface area contributed by atoms with Crippen molar-refractivity contribution in [3.05, 3.63) is 18.0 Å². The molecule has 0 atom stereocenters. The van der Waals surface area contributed by atoms with Crippen molar-refractivity contribution in [1.29, 1.82) is 0 Å². The largest absolute Gasteiger partial charge is 0.353 e. The van der Waals surface area contributed by atoms with Crippen LogP contribution in [0.3, 0.4) is 0 Å². The Morgan fingerprint density at radius 1 is 1.19 bits per heavy atom. The first-order chi connectivity index (χ1) is 7.90. The number of nitrogens with one attached hydrogen (secondary N) is 1. The van der Waals surface area contributed by atoms with Crippen LogP contribution in [-0.4, -0.2) is 22.3 Å². The zero-order valence-electron chi connectivity index (χ0n) is 9.52. The highest BCUT2D eigenvalue weighted by Gasteiger charge is 2.15. The van der Waals surface area contributed by atoms with Crippen LogP contribution in [0.25, 0.3) is 0 Å². The van der Waals surface area contributed by atoms with Crippen LogP contribution in [-0.2, 0) is 0 Å². The van der Waals surface area contributed by atoms with Gasteiger partial charge in [0, 0.05) is 24.7 Å². The molecule has 16 heavy (non-hydrogen) atoms. The normalized spacial score (nSPS) is 17.3. The fourth-order valence-corrected chi connectivity index (χ4v) is 2.36. The van der Waals surface area contributed by atoms with Gasteiger partial charge in [-0.3, -0.25) is 0 Å². The van der Waals surface area contributed by atoms with Gasteiger partial charge in [-0.2, -0.15) is 12.6 Å². The van der Waals surface area contributed by atoms with Gasteiger partial charge in [0.1, 0.15) is 0 Å². The molecule has 2 rings (SSSR count). The van der Waals surface area contributed by atoms with E-state index in [1.165, 1.54) is 37.7 Å². The molecular formula is C12H19N3S. The van der Waals surface area contributed by atoms with E-state index in [0.717, 1.165) is 12.3 Å². The zero-order valence-corrected chi connectivity index (χ0v) is 10.4. The first kappa shape index (κ1) is 11.7. The maximum absolute atomic E-state index is 4.34. The van der Waals surface area contributed by atoms with E-state index in [4.69, 9.17) is 0 Å². The maximum Gasteiger partial charge on any atom is 0.222 e. The van der Waals surface area contributed by atoms with Gasteiger partial charge in [-0.05, 0) is 24.3 Å². The Morgan fingerprint density at radius 3 is 2.50 bits per heavy atom. The van der Waals surface area contributed by atoms with Gasteiger partial charge < -0.3 is 5.32 Å². The van der Waals surface area contributed by atoms with Gasteiger partial charge in [-0.25, -0.2) is 9.97 Å². The summed E-state index contributed by atoms with van der Waals surface area (Å²) in [6.07, 6.45) is 10.6. The minimum Gasteiger partial charge on any atom is -0.353 e. The summed E-state index contributed by atoms with van der Waals surface area (Å²) in [5, 5.41) is 3.13. The van der Waals surface area contributed by atoms with Crippen molar-refractivity contribution in [3.8, 4) is 0 Å². The number of thiol groups is 1. The van der Waals surface area contributed by atoms with Gasteiger partial charge in [0.05, 0.1) is 0 Å². The predicted octanol–water partition coefficient (Wildman–Crippen LogP) is 2.87. The van der Waals surface area contributed by atoms with Crippen LogP contribution >= 0.6 is 12.6 Å². The van der Waals surface area contributed by atoms with Crippen LogP contribution in [0.2, 0.25) is 0 Å². The van der Waals surface area contributed by atoms with E-state index in [1.807, 2.05) is 12.4 Å². The molecule has 0 amide bonds. The summed E-state index contributed by atoms with van der Waals surface area (Å²) >= 11 is 4.14. The Kier molecular flexibility index (Phi) is 4.45. The van der Waals surface area contributed by atoms with E-state index >= 15 is 0 Å². The monoisotopic (exact) mass is 237 g/mol. The first-order valence-electron chi connectivity index (χ1n) is 6.07. The predicted molar refractivity (Wildman–Crippen MR) is 70.2 cm³/mol. The van der Waals surface area contributed by atoms with Crippen LogP contribution in [0.5, 0.6) is 0 Å². The summed E-state index contributed by atoms with van der Waals surface area (Å²) in [6, 6.07) is 0. The molecule has 1 heterocycles. The second-order valence-electron chi connectivity index (χ2n) is 4.33. The van der Waals surface area contributed by atoms with Crippen molar-refractivity contribution in [2.75, 3.05) is 17.6 Å². The SMILES string of the molecule is SCCNc1ncc(C2CCCCC2)cn1. The van der Waals surface area contributed by atoms with Crippen LogP contribution in [0.15, 0.2) is 12.4 Å². The van der Waals surface area contributed by atoms with Crippen molar-refractivity contribution in [1.82, 2.24) is 9.97 Å². The van der Waals surface area contributed by atoms with E-state index in [0.29, 0.717) is 11.9 Å². The average Bonchev–Trinajstić information content (AvgIpc) is 2.38. The molecule has 0 aliphatic heterocycles. The van der Waals surface area contributed by atoms with Crippen molar-refractivity contribution >= 4 is 18.6 Å². The van der Waals surface area contributed by atoms with Crippen molar-refractivity contribution in [2.24, 2.45) is 0 Å². The fraction of sp³-hybridized carbons (Fsp3) is 0.667. The van der Waals surface area contributed by atoms with Crippen LogP contribution in [0, 0.1) is 0 Å². The zero-order chi connectivity index (χ0) is 11.2. The summed E-state index contributed by atoms with van der Waals surface area (Å²) in [4.78, 5) is 8.67. The van der Waals surface area contributed by atoms with Crippen LogP contribution < -0.4 is 5.32 Å². The summed E-state index contributed by atoms with van der Waals surface area (Å²) in [6.45, 7) is 0.811. The molecule has 0 aromatic carbocycles. The lowest BCUT2D eigenvalue weighted by Gasteiger charge is -2.21. The summed E-state index contributed by atoms with van der Waals surface area (Å²) in [5.74, 6) is 2.20. The number of hydrogen-bond acceptors (Lipinski definition) is 4. The smallest absolute Gasteiger partial charge is 0.222 e. The highest BCUT2D eigenvalue weighted by Crippen LogP contribution is 2.31. The molecule has 0 bridgehead atoms. The van der Waals surface area contributed by atoms with Gasteiger partial charge in [-0.1, -0.05) is 19.3 Å². The number of anilines is 1. The number of rotatable bonds is 4. The highest BCUT2D eigenvalue weighted by molar-refractivity contribution is 7.80. The van der Waals surface area contributed by atoms with E-state index in [-0.39, 0.29) is 0 Å². The summed E-state index contributed by atoms with van der Waals surface area (Å²) in [5.41, 5.74) is 1.30. The minimum atomic E-state index is 0.688. The minimum absolute atomic E-state index is 0.688. The molecule has 0 unspecified atom stereocenters. The molecule has 88 valence electrons. The fourth-order valence-electron chi connectivity index (χ4n) is 2.24. The summed E-state index contributed by atoms with van der Waals surface area (Å²) < 4.78 is 0. The molecule has 0 spiro atoms. The Bertz CT molecular complexity index is 307. The molecule has 0 saturated heterocycles. The van der Waals surface area contributed by atoms with Crippen molar-refractivity contribution in [3.63, 3.8) is 0 Å². The van der Waals surface area contributed by atoms with Crippen molar-refractivity contribution in [2.45, 2.75) is 38.0 Å². The van der Waals surface area contributed by atoms with Crippen LogP contribution in [0.1, 0.15) is 43.6 Å². The Hall–Kier alpha value is -0.770. The van der Waals surface area contributed by atoms with Gasteiger partial charge in [-0.15, -0.1) is 0 Å². The molecule has 1 aliphatic rings. The third-order valence-corrected chi connectivity index (χ3v) is 3.37. The Morgan fingerprint density at radius 2 is 1.88 bits per heavy atom. The van der Waals surface area contributed by atoms with Gasteiger partial charge >= 0.3 is 0 Å². The van der Waals surface area contributed by atoms with E-state index in [1.54, 1.807) is 0 Å². The molecule has 1 fully saturated rings. The van der Waals surface area contributed by atoms with Gasteiger partial charge in [0.15, 0.2) is 0 Å². The second-order valence-corrected chi connectivity index (χ2v) is 4.77. The quantitative estimate of drug-likeness (QED) is 0.791. The molecule has 4 heteroatoms. The van der Waals surface area contributed by atoms with E-state index in [9.17, 15) is 0 Å². The molecule has 0 radical (unpaired) electrons. The van der Waals surface area contributed by atoms with Crippen LogP contribution in [0.4, 0.5) is 5.95 Å². The molecular weight excluding hydrogens is 218 g/mol. The maximum atomic E-state index is 4.34. The lowest BCUT2D eigenvalue weighted by atomic mass is 9.85. The molecule has 1 saturated carbocycles. The van der Waals surface area contributed by atoms with Gasteiger partial charge in [0.25, 0.3) is 0 Å². The lowest BCUT2D eigenvalue weighted by Crippen LogP contribution is -2.09. The second kappa shape index (κ2) is 6.09. The Balaban J connectivity index is 1.95. The lowest BCUT2D eigenvalue weighted by molar-refractivity contribution is 0.442. The average molecular weight is 237 g/mol. The number of hydrogen-bond donors (Lipinski definition) is 2. The molecule has 1 aliphatic carbocycles. The standard InChI is InChI=1S/C12H19N3S/c16-7-6-13-12-14-8-11(9-15-12)10-4-2-1-3-5-10/h8-10,16H,1-7H2,(H,13,14,15). The third-order valence-electron chi connectivity index (χ3n) is 3.14. The molecule has 1 aromatic heterocycles. The topological polar surface area (TPSA) is 37.8 Å². The highest BCUT2D eigenvalue weighted by atomic mass is 32.1. The van der Waals surface area contributed by atoms with Crippen molar-refractivity contribution < 1.29 is 0 Å². The molecule has 3 nitrogen and oxygen atoms in total. The summed E-state index contributed by atoms with van der Waals surface area (Å²) in [7, 11) is 0. The Labute approximate surface area is 102 Å². The third kappa shape index (κ3) is 3.11. The number of nitrogens with zero attached hydrogens (tertiary/aromatic N) is 2.